The normalized spacial score (nSPS) is 25.2. The van der Waals surface area contributed by atoms with Gasteiger partial charge in [-0.05, 0) is 22.3 Å². The summed E-state index contributed by atoms with van der Waals surface area (Å²) in [6, 6.07) is 14.5. The van der Waals surface area contributed by atoms with Crippen LogP contribution in [0.15, 0.2) is 48.5 Å². The average Bonchev–Trinajstić information content (AvgIpc) is 2.90. The number of aliphatic carboxylic acids is 1. The Kier molecular flexibility index (Phi) is 2.20. The minimum absolute atomic E-state index is 0.595. The highest BCUT2D eigenvalue weighted by Crippen LogP contribution is 2.71. The highest BCUT2D eigenvalue weighted by Gasteiger charge is 2.80. The van der Waals surface area contributed by atoms with Gasteiger partial charge in [0.15, 0.2) is 0 Å². The van der Waals surface area contributed by atoms with Crippen LogP contribution in [0.5, 0.6) is 0 Å². The standard InChI is InChI=1S/C17H12F2O2/c18-17(19)9-16(17,15(20)21)14-12-7-3-1-5-10(12)11-6-2-4-8-13(11)14/h1-8,14H,9H2,(H,20,21). The van der Waals surface area contributed by atoms with Crippen LogP contribution in [-0.2, 0) is 4.79 Å². The first-order chi connectivity index (χ1) is 9.99. The van der Waals surface area contributed by atoms with Crippen LogP contribution in [0.3, 0.4) is 0 Å². The van der Waals surface area contributed by atoms with Gasteiger partial charge in [0, 0.05) is 12.3 Å². The molecule has 2 aromatic carbocycles. The van der Waals surface area contributed by atoms with Crippen molar-refractivity contribution in [1.29, 1.82) is 0 Å². The first-order valence-corrected chi connectivity index (χ1v) is 6.78. The van der Waals surface area contributed by atoms with Gasteiger partial charge in [0.1, 0.15) is 5.41 Å². The smallest absolute Gasteiger partial charge is 0.317 e. The molecule has 4 heteroatoms. The van der Waals surface area contributed by atoms with Gasteiger partial charge in [0.25, 0.3) is 5.92 Å². The van der Waals surface area contributed by atoms with Crippen LogP contribution < -0.4 is 0 Å². The maximum Gasteiger partial charge on any atom is 0.317 e. The molecule has 4 rings (SSSR count). The number of carboxylic acid groups (broad SMARTS) is 1. The van der Waals surface area contributed by atoms with E-state index in [0.717, 1.165) is 11.1 Å². The summed E-state index contributed by atoms with van der Waals surface area (Å²) >= 11 is 0. The number of carbonyl (C=O) groups is 1. The fourth-order valence-electron chi connectivity index (χ4n) is 3.66. The lowest BCUT2D eigenvalue weighted by atomic mass is 9.81. The number of carboxylic acids is 1. The van der Waals surface area contributed by atoms with E-state index in [0.29, 0.717) is 11.1 Å². The minimum atomic E-state index is -3.16. The summed E-state index contributed by atoms with van der Waals surface area (Å²) in [6.07, 6.45) is -0.595. The molecule has 1 fully saturated rings. The van der Waals surface area contributed by atoms with E-state index < -0.39 is 29.6 Å². The van der Waals surface area contributed by atoms with E-state index in [1.54, 1.807) is 24.3 Å². The summed E-state index contributed by atoms with van der Waals surface area (Å²) in [5.74, 6) is -5.35. The minimum Gasteiger partial charge on any atom is -0.481 e. The van der Waals surface area contributed by atoms with Gasteiger partial charge in [-0.2, -0.15) is 0 Å². The summed E-state index contributed by atoms with van der Waals surface area (Å²) in [4.78, 5) is 11.6. The van der Waals surface area contributed by atoms with Crippen molar-refractivity contribution in [3.63, 3.8) is 0 Å². The van der Waals surface area contributed by atoms with E-state index in [1.807, 2.05) is 24.3 Å². The topological polar surface area (TPSA) is 37.3 Å². The first kappa shape index (κ1) is 12.5. The van der Waals surface area contributed by atoms with Crippen molar-refractivity contribution < 1.29 is 18.7 Å². The van der Waals surface area contributed by atoms with Crippen LogP contribution in [0.2, 0.25) is 0 Å². The summed E-state index contributed by atoms with van der Waals surface area (Å²) in [5, 5.41) is 9.47. The Morgan fingerprint density at radius 2 is 1.43 bits per heavy atom. The summed E-state index contributed by atoms with van der Waals surface area (Å²) < 4.78 is 27.9. The molecule has 2 aromatic rings. The summed E-state index contributed by atoms with van der Waals surface area (Å²) in [7, 11) is 0. The van der Waals surface area contributed by atoms with Crippen molar-refractivity contribution in [1.82, 2.24) is 0 Å². The molecule has 2 aliphatic carbocycles. The Morgan fingerprint density at radius 1 is 1.00 bits per heavy atom. The third kappa shape index (κ3) is 1.37. The van der Waals surface area contributed by atoms with E-state index >= 15 is 0 Å². The fourth-order valence-corrected chi connectivity index (χ4v) is 3.66. The number of fused-ring (bicyclic) bond motifs is 3. The molecule has 2 aliphatic rings. The Hall–Kier alpha value is -2.23. The van der Waals surface area contributed by atoms with Crippen LogP contribution in [0, 0.1) is 5.41 Å². The SMILES string of the molecule is O=C(O)C1(C2c3ccccc3-c3ccccc32)CC1(F)F. The molecule has 0 spiro atoms. The third-order valence-electron chi connectivity index (χ3n) is 4.74. The molecule has 0 radical (unpaired) electrons. The molecule has 0 aliphatic heterocycles. The van der Waals surface area contributed by atoms with Gasteiger partial charge in [-0.25, -0.2) is 8.78 Å². The van der Waals surface area contributed by atoms with E-state index in [4.69, 9.17) is 0 Å². The molecule has 1 N–H and O–H groups in total. The second kappa shape index (κ2) is 3.70. The van der Waals surface area contributed by atoms with Crippen LogP contribution in [-0.4, -0.2) is 17.0 Å². The lowest BCUT2D eigenvalue weighted by Gasteiger charge is -2.21. The zero-order chi connectivity index (χ0) is 14.8. The molecular weight excluding hydrogens is 274 g/mol. The third-order valence-corrected chi connectivity index (χ3v) is 4.74. The first-order valence-electron chi connectivity index (χ1n) is 6.78. The predicted molar refractivity (Wildman–Crippen MR) is 73.4 cm³/mol. The molecule has 0 heterocycles. The van der Waals surface area contributed by atoms with E-state index in [-0.39, 0.29) is 0 Å². The molecule has 0 aromatic heterocycles. The number of hydrogen-bond acceptors (Lipinski definition) is 1. The second-order valence-corrected chi connectivity index (χ2v) is 5.77. The number of benzene rings is 2. The average molecular weight is 286 g/mol. The Bertz CT molecular complexity index is 723. The van der Waals surface area contributed by atoms with Gasteiger partial charge < -0.3 is 5.11 Å². The Balaban J connectivity index is 2.00. The summed E-state index contributed by atoms with van der Waals surface area (Å²) in [5.41, 5.74) is 1.11. The molecule has 106 valence electrons. The van der Waals surface area contributed by atoms with Crippen LogP contribution in [0.4, 0.5) is 8.78 Å². The number of rotatable bonds is 2. The van der Waals surface area contributed by atoms with Crippen molar-refractivity contribution in [3.05, 3.63) is 59.7 Å². The summed E-state index contributed by atoms with van der Waals surface area (Å²) in [6.45, 7) is 0. The van der Waals surface area contributed by atoms with Crippen molar-refractivity contribution in [2.75, 3.05) is 0 Å². The number of halogens is 2. The monoisotopic (exact) mass is 286 g/mol. The number of hydrogen-bond donors (Lipinski definition) is 1. The van der Waals surface area contributed by atoms with Gasteiger partial charge in [0.05, 0.1) is 0 Å². The lowest BCUT2D eigenvalue weighted by molar-refractivity contribution is -0.148. The quantitative estimate of drug-likeness (QED) is 0.908. The fraction of sp³-hybridized carbons (Fsp3) is 0.235. The van der Waals surface area contributed by atoms with Gasteiger partial charge in [-0.15, -0.1) is 0 Å². The molecule has 0 amide bonds. The van der Waals surface area contributed by atoms with Crippen LogP contribution >= 0.6 is 0 Å². The van der Waals surface area contributed by atoms with Crippen LogP contribution in [0.1, 0.15) is 23.5 Å². The van der Waals surface area contributed by atoms with E-state index in [2.05, 4.69) is 0 Å². The van der Waals surface area contributed by atoms with Gasteiger partial charge in [-0.3, -0.25) is 4.79 Å². The van der Waals surface area contributed by atoms with Gasteiger partial charge in [-0.1, -0.05) is 48.5 Å². The molecule has 0 bridgehead atoms. The predicted octanol–water partition coefficient (Wildman–Crippen LogP) is 3.91. The second-order valence-electron chi connectivity index (χ2n) is 5.77. The van der Waals surface area contributed by atoms with Crippen molar-refractivity contribution in [3.8, 4) is 11.1 Å². The van der Waals surface area contributed by atoms with E-state index in [9.17, 15) is 18.7 Å². The Labute approximate surface area is 120 Å². The highest BCUT2D eigenvalue weighted by atomic mass is 19.3. The molecule has 21 heavy (non-hydrogen) atoms. The maximum atomic E-state index is 14.0. The number of alkyl halides is 2. The largest absolute Gasteiger partial charge is 0.481 e. The van der Waals surface area contributed by atoms with Gasteiger partial charge >= 0.3 is 5.97 Å². The van der Waals surface area contributed by atoms with Gasteiger partial charge in [0.2, 0.25) is 0 Å². The maximum absolute atomic E-state index is 14.0. The zero-order valence-corrected chi connectivity index (χ0v) is 11.0. The van der Waals surface area contributed by atoms with Crippen LogP contribution in [0.25, 0.3) is 11.1 Å². The van der Waals surface area contributed by atoms with Crippen molar-refractivity contribution in [2.45, 2.75) is 18.3 Å². The lowest BCUT2D eigenvalue weighted by Crippen LogP contribution is -2.29. The highest BCUT2D eigenvalue weighted by molar-refractivity contribution is 5.88. The molecule has 1 saturated carbocycles. The molecular formula is C17H12F2O2. The molecule has 2 nitrogen and oxygen atoms in total. The Morgan fingerprint density at radius 3 is 1.81 bits per heavy atom. The molecule has 0 saturated heterocycles. The molecule has 1 unspecified atom stereocenters. The van der Waals surface area contributed by atoms with Crippen molar-refractivity contribution >= 4 is 5.97 Å². The molecule has 1 atom stereocenters. The van der Waals surface area contributed by atoms with Crippen molar-refractivity contribution in [2.24, 2.45) is 5.41 Å². The zero-order valence-electron chi connectivity index (χ0n) is 11.0. The van der Waals surface area contributed by atoms with E-state index in [1.165, 1.54) is 0 Å².